The van der Waals surface area contributed by atoms with Crippen LogP contribution in [-0.2, 0) is 14.2 Å². The van der Waals surface area contributed by atoms with Crippen molar-refractivity contribution in [3.05, 3.63) is 22.5 Å². The van der Waals surface area contributed by atoms with Gasteiger partial charge < -0.3 is 19.9 Å². The van der Waals surface area contributed by atoms with Crippen LogP contribution in [0, 0.1) is 5.82 Å². The van der Waals surface area contributed by atoms with Crippen LogP contribution >= 0.6 is 0 Å². The summed E-state index contributed by atoms with van der Waals surface area (Å²) in [5.74, 6) is -1.98. The van der Waals surface area contributed by atoms with Gasteiger partial charge in [0.1, 0.15) is 12.2 Å². The maximum atomic E-state index is 13.5. The number of hydrogen-bond acceptors (Lipinski definition) is 6. The first-order chi connectivity index (χ1) is 9.28. The molecule has 0 amide bonds. The maximum absolute atomic E-state index is 13.5. The van der Waals surface area contributed by atoms with Gasteiger partial charge in [0.25, 0.3) is 0 Å². The van der Waals surface area contributed by atoms with E-state index in [1.807, 2.05) is 6.92 Å². The highest BCUT2D eigenvalue weighted by atomic mass is 19.1. The molecular formula is C12H16FN3O4. The molecule has 1 aromatic rings. The third-order valence-electron chi connectivity index (χ3n) is 3.47. The molecule has 2 aliphatic heterocycles. The molecule has 3 rings (SSSR count). The number of aromatic nitrogens is 2. The number of hydrogen-bond donors (Lipinski definition) is 1. The second kappa shape index (κ2) is 4.24. The third-order valence-corrected chi connectivity index (χ3v) is 3.47. The van der Waals surface area contributed by atoms with E-state index in [0.717, 1.165) is 10.8 Å². The smallest absolute Gasteiger partial charge is 0.351 e. The van der Waals surface area contributed by atoms with Gasteiger partial charge in [-0.2, -0.15) is 4.98 Å². The van der Waals surface area contributed by atoms with E-state index in [4.69, 9.17) is 19.9 Å². The van der Waals surface area contributed by atoms with Crippen molar-refractivity contribution in [3.8, 4) is 0 Å². The molecule has 20 heavy (non-hydrogen) atoms. The van der Waals surface area contributed by atoms with E-state index in [2.05, 4.69) is 4.98 Å². The van der Waals surface area contributed by atoms with Crippen LogP contribution in [0.25, 0.3) is 0 Å². The Labute approximate surface area is 114 Å². The monoisotopic (exact) mass is 285 g/mol. The highest BCUT2D eigenvalue weighted by Gasteiger charge is 2.54. The van der Waals surface area contributed by atoms with Crippen molar-refractivity contribution in [1.82, 2.24) is 9.55 Å². The molecule has 0 radical (unpaired) electrons. The van der Waals surface area contributed by atoms with Gasteiger partial charge in [-0.15, -0.1) is 0 Å². The highest BCUT2D eigenvalue weighted by Crippen LogP contribution is 2.42. The number of nitrogen functional groups attached to an aromatic ring is 1. The van der Waals surface area contributed by atoms with Crippen LogP contribution in [-0.4, -0.2) is 33.7 Å². The van der Waals surface area contributed by atoms with Gasteiger partial charge in [-0.25, -0.2) is 9.18 Å². The lowest BCUT2D eigenvalue weighted by molar-refractivity contribution is -0.195. The van der Waals surface area contributed by atoms with Gasteiger partial charge in [0.2, 0.25) is 0 Å². The normalized spacial score (nSPS) is 35.2. The predicted octanol–water partition coefficient (Wildman–Crippen LogP) is 0.402. The van der Waals surface area contributed by atoms with Crippen molar-refractivity contribution in [2.45, 2.75) is 51.1 Å². The fraction of sp³-hybridized carbons (Fsp3) is 0.667. The Morgan fingerprint density at radius 1 is 1.40 bits per heavy atom. The summed E-state index contributed by atoms with van der Waals surface area (Å²) in [4.78, 5) is 15.3. The molecule has 7 nitrogen and oxygen atoms in total. The van der Waals surface area contributed by atoms with Gasteiger partial charge in [-0.1, -0.05) is 0 Å². The molecule has 0 saturated carbocycles. The molecule has 2 saturated heterocycles. The van der Waals surface area contributed by atoms with E-state index < -0.39 is 35.4 Å². The summed E-state index contributed by atoms with van der Waals surface area (Å²) in [6.45, 7) is 5.37. The second-order valence-corrected chi connectivity index (χ2v) is 5.46. The molecule has 0 spiro atoms. The van der Waals surface area contributed by atoms with Crippen molar-refractivity contribution in [3.63, 3.8) is 0 Å². The first kappa shape index (κ1) is 13.5. The number of ether oxygens (including phenoxy) is 3. The van der Waals surface area contributed by atoms with Crippen LogP contribution < -0.4 is 11.4 Å². The number of rotatable bonds is 1. The second-order valence-electron chi connectivity index (χ2n) is 5.46. The zero-order valence-corrected chi connectivity index (χ0v) is 11.4. The van der Waals surface area contributed by atoms with E-state index in [-0.39, 0.29) is 12.2 Å². The summed E-state index contributed by atoms with van der Waals surface area (Å²) in [5.41, 5.74) is 4.58. The van der Waals surface area contributed by atoms with Gasteiger partial charge in [0, 0.05) is 0 Å². The van der Waals surface area contributed by atoms with Gasteiger partial charge in [-0.3, -0.25) is 4.57 Å². The lowest BCUT2D eigenvalue weighted by atomic mass is 10.1. The van der Waals surface area contributed by atoms with Crippen LogP contribution in [0.4, 0.5) is 10.2 Å². The Balaban J connectivity index is 1.99. The number of fused-ring (bicyclic) bond motifs is 1. The molecule has 3 heterocycles. The van der Waals surface area contributed by atoms with Gasteiger partial charge >= 0.3 is 5.69 Å². The summed E-state index contributed by atoms with van der Waals surface area (Å²) in [6.07, 6.45) is -0.893. The molecule has 1 aromatic heterocycles. The summed E-state index contributed by atoms with van der Waals surface area (Å²) in [6, 6.07) is 0. The quantitative estimate of drug-likeness (QED) is 0.803. The number of anilines is 1. The Bertz CT molecular complexity index is 603. The van der Waals surface area contributed by atoms with Crippen LogP contribution in [0.2, 0.25) is 0 Å². The van der Waals surface area contributed by atoms with E-state index in [1.54, 1.807) is 13.8 Å². The van der Waals surface area contributed by atoms with Gasteiger partial charge in [0.05, 0.1) is 12.3 Å². The number of nitrogens with zero attached hydrogens (tertiary/aromatic N) is 2. The van der Waals surface area contributed by atoms with Crippen LogP contribution in [0.3, 0.4) is 0 Å². The van der Waals surface area contributed by atoms with Crippen molar-refractivity contribution in [2.24, 2.45) is 0 Å². The van der Waals surface area contributed by atoms with Crippen molar-refractivity contribution in [1.29, 1.82) is 0 Å². The first-order valence-electron chi connectivity index (χ1n) is 6.34. The molecule has 2 aliphatic rings. The van der Waals surface area contributed by atoms with Crippen molar-refractivity contribution in [2.75, 3.05) is 5.73 Å². The molecule has 110 valence electrons. The Kier molecular flexibility index (Phi) is 2.86. The molecule has 2 fully saturated rings. The zero-order chi connectivity index (χ0) is 14.7. The topological polar surface area (TPSA) is 88.6 Å². The Morgan fingerprint density at radius 2 is 2.05 bits per heavy atom. The molecular weight excluding hydrogens is 269 g/mol. The van der Waals surface area contributed by atoms with Crippen LogP contribution in [0.15, 0.2) is 11.0 Å². The predicted molar refractivity (Wildman–Crippen MR) is 66.3 cm³/mol. The fourth-order valence-corrected chi connectivity index (χ4v) is 2.64. The van der Waals surface area contributed by atoms with E-state index >= 15 is 0 Å². The molecule has 0 aromatic carbocycles. The summed E-state index contributed by atoms with van der Waals surface area (Å²) in [7, 11) is 0. The molecule has 8 heteroatoms. The average Bonchev–Trinajstić information content (AvgIpc) is 2.80. The molecule has 0 aliphatic carbocycles. The minimum atomic E-state index is -0.785. The number of halogens is 1. The van der Waals surface area contributed by atoms with Gasteiger partial charge in [-0.05, 0) is 20.8 Å². The van der Waals surface area contributed by atoms with E-state index in [1.165, 1.54) is 0 Å². The lowest BCUT2D eigenvalue weighted by Gasteiger charge is -2.23. The summed E-state index contributed by atoms with van der Waals surface area (Å²) in [5, 5.41) is 0. The largest absolute Gasteiger partial charge is 0.381 e. The third kappa shape index (κ3) is 2.00. The lowest BCUT2D eigenvalue weighted by Crippen LogP contribution is -2.35. The summed E-state index contributed by atoms with van der Waals surface area (Å²) < 4.78 is 31.7. The molecule has 2 N–H and O–H groups in total. The minimum absolute atomic E-state index is 0.278. The van der Waals surface area contributed by atoms with Crippen LogP contribution in [0.5, 0.6) is 0 Å². The fourth-order valence-electron chi connectivity index (χ4n) is 2.64. The highest BCUT2D eigenvalue weighted by molar-refractivity contribution is 5.26. The first-order valence-corrected chi connectivity index (χ1v) is 6.34. The summed E-state index contributed by atoms with van der Waals surface area (Å²) >= 11 is 0. The molecule has 4 atom stereocenters. The SMILES string of the molecule is C[C@H]1O[C@@H](n2cc(F)c(N)nc2=O)[C@H]2OC(C)(C)OC12. The zero-order valence-electron chi connectivity index (χ0n) is 11.4. The van der Waals surface area contributed by atoms with Gasteiger partial charge in [0.15, 0.2) is 23.7 Å². The molecule has 0 bridgehead atoms. The maximum Gasteiger partial charge on any atom is 0.351 e. The minimum Gasteiger partial charge on any atom is -0.381 e. The average molecular weight is 285 g/mol. The van der Waals surface area contributed by atoms with E-state index in [0.29, 0.717) is 0 Å². The number of nitrogens with two attached hydrogens (primary N) is 1. The Hall–Kier alpha value is -1.51. The Morgan fingerprint density at radius 3 is 2.75 bits per heavy atom. The van der Waals surface area contributed by atoms with Crippen LogP contribution in [0.1, 0.15) is 27.0 Å². The standard InChI is InChI=1S/C12H16FN3O4/c1-5-7-8(20-12(2,3)19-7)10(18-5)16-4-6(13)9(14)15-11(16)17/h4-5,7-8,10H,1-3H3,(H2,14,15,17)/t5-,7?,8+,10-/m1/s1. The van der Waals surface area contributed by atoms with E-state index in [9.17, 15) is 9.18 Å². The molecule has 1 unspecified atom stereocenters. The van der Waals surface area contributed by atoms with Crippen molar-refractivity contribution >= 4 is 5.82 Å². The van der Waals surface area contributed by atoms with Crippen molar-refractivity contribution < 1.29 is 18.6 Å².